The highest BCUT2D eigenvalue weighted by molar-refractivity contribution is 6.33. The summed E-state index contributed by atoms with van der Waals surface area (Å²) >= 11 is 5.85. The lowest BCUT2D eigenvalue weighted by Crippen LogP contribution is -2.41. The highest BCUT2D eigenvalue weighted by atomic mass is 35.5. The molecule has 0 aliphatic rings. The molecule has 98 valence electrons. The van der Waals surface area contributed by atoms with Crippen LogP contribution in [0.1, 0.15) is 16.8 Å². The number of carbonyl (C=O) groups is 2. The number of halogens is 1. The molecule has 1 rings (SSSR count). The van der Waals surface area contributed by atoms with Gasteiger partial charge < -0.3 is 15.2 Å². The molecule has 1 amide bonds. The van der Waals surface area contributed by atoms with Crippen molar-refractivity contribution in [1.29, 1.82) is 0 Å². The second kappa shape index (κ2) is 6.98. The Hall–Kier alpha value is -1.59. The van der Waals surface area contributed by atoms with Crippen LogP contribution >= 0.6 is 11.6 Å². The van der Waals surface area contributed by atoms with Gasteiger partial charge in [0.2, 0.25) is 0 Å². The Bertz CT molecular complexity index is 436. The maximum Gasteiger partial charge on any atom is 0.326 e. The van der Waals surface area contributed by atoms with Gasteiger partial charge in [0.15, 0.2) is 0 Å². The molecule has 0 aliphatic carbocycles. The molecule has 0 aromatic heterocycles. The lowest BCUT2D eigenvalue weighted by atomic mass is 10.1. The molecule has 2 N–H and O–H groups in total. The number of carboxylic acids is 1. The molecule has 0 heterocycles. The predicted molar refractivity (Wildman–Crippen MR) is 66.8 cm³/mol. The number of rotatable bonds is 6. The zero-order chi connectivity index (χ0) is 13.5. The average Bonchev–Trinajstić information content (AvgIpc) is 2.34. The van der Waals surface area contributed by atoms with E-state index in [-0.39, 0.29) is 23.6 Å². The third-order valence-corrected chi connectivity index (χ3v) is 2.66. The Morgan fingerprint density at radius 3 is 2.67 bits per heavy atom. The number of ether oxygens (including phenoxy) is 1. The van der Waals surface area contributed by atoms with Gasteiger partial charge in [0, 0.05) is 20.1 Å². The summed E-state index contributed by atoms with van der Waals surface area (Å²) in [6, 6.07) is 5.47. The quantitative estimate of drug-likeness (QED) is 0.823. The average molecular weight is 272 g/mol. The summed E-state index contributed by atoms with van der Waals surface area (Å²) < 4.78 is 4.79. The number of hydrogen-bond donors (Lipinski definition) is 2. The maximum atomic E-state index is 11.8. The summed E-state index contributed by atoms with van der Waals surface area (Å²) in [5.74, 6) is -1.61. The van der Waals surface area contributed by atoms with E-state index >= 15 is 0 Å². The second-order valence-corrected chi connectivity index (χ2v) is 4.03. The van der Waals surface area contributed by atoms with Crippen LogP contribution < -0.4 is 5.32 Å². The molecule has 1 aromatic carbocycles. The Morgan fingerprint density at radius 1 is 1.44 bits per heavy atom. The number of carbonyl (C=O) groups excluding carboxylic acids is 1. The van der Waals surface area contributed by atoms with E-state index < -0.39 is 17.9 Å². The Balaban J connectivity index is 2.72. The Morgan fingerprint density at radius 2 is 2.11 bits per heavy atom. The van der Waals surface area contributed by atoms with Crippen LogP contribution in [0.2, 0.25) is 5.02 Å². The number of benzene rings is 1. The normalized spacial score (nSPS) is 11.9. The first kappa shape index (κ1) is 14.5. The van der Waals surface area contributed by atoms with E-state index in [0.29, 0.717) is 0 Å². The van der Waals surface area contributed by atoms with E-state index in [1.54, 1.807) is 18.2 Å². The van der Waals surface area contributed by atoms with Crippen molar-refractivity contribution in [2.45, 2.75) is 12.5 Å². The smallest absolute Gasteiger partial charge is 0.326 e. The summed E-state index contributed by atoms with van der Waals surface area (Å²) in [5.41, 5.74) is 0.253. The Kier molecular flexibility index (Phi) is 5.61. The van der Waals surface area contributed by atoms with E-state index in [4.69, 9.17) is 21.4 Å². The van der Waals surface area contributed by atoms with Crippen molar-refractivity contribution in [2.75, 3.05) is 13.7 Å². The van der Waals surface area contributed by atoms with Crippen molar-refractivity contribution >= 4 is 23.5 Å². The van der Waals surface area contributed by atoms with Gasteiger partial charge in [0.1, 0.15) is 6.04 Å². The molecule has 0 aliphatic heterocycles. The van der Waals surface area contributed by atoms with Gasteiger partial charge in [-0.3, -0.25) is 4.79 Å². The zero-order valence-electron chi connectivity index (χ0n) is 9.85. The fourth-order valence-electron chi connectivity index (χ4n) is 1.37. The van der Waals surface area contributed by atoms with E-state index in [1.165, 1.54) is 13.2 Å². The lowest BCUT2D eigenvalue weighted by Gasteiger charge is -2.14. The third-order valence-electron chi connectivity index (χ3n) is 2.33. The summed E-state index contributed by atoms with van der Waals surface area (Å²) in [4.78, 5) is 22.8. The standard InChI is InChI=1S/C12H14ClNO4/c1-18-7-6-10(12(16)17)14-11(15)8-4-2-3-5-9(8)13/h2-5,10H,6-7H2,1H3,(H,14,15)(H,16,17). The van der Waals surface area contributed by atoms with Crippen LogP contribution in [0.15, 0.2) is 24.3 Å². The van der Waals surface area contributed by atoms with Crippen LogP contribution in [-0.2, 0) is 9.53 Å². The fraction of sp³-hybridized carbons (Fsp3) is 0.333. The van der Waals surface area contributed by atoms with Crippen LogP contribution in [0, 0.1) is 0 Å². The molecular weight excluding hydrogens is 258 g/mol. The number of nitrogens with one attached hydrogen (secondary N) is 1. The molecule has 0 saturated heterocycles. The SMILES string of the molecule is COCCC(NC(=O)c1ccccc1Cl)C(=O)O. The largest absolute Gasteiger partial charge is 0.480 e. The van der Waals surface area contributed by atoms with Crippen molar-refractivity contribution in [3.63, 3.8) is 0 Å². The van der Waals surface area contributed by atoms with Crippen molar-refractivity contribution < 1.29 is 19.4 Å². The summed E-state index contributed by atoms with van der Waals surface area (Å²) in [6.07, 6.45) is 0.196. The number of methoxy groups -OCH3 is 1. The number of aliphatic carboxylic acids is 1. The molecule has 0 spiro atoms. The molecule has 0 bridgehead atoms. The van der Waals surface area contributed by atoms with Crippen molar-refractivity contribution in [2.24, 2.45) is 0 Å². The molecule has 1 aromatic rings. The highest BCUT2D eigenvalue weighted by Gasteiger charge is 2.21. The molecular formula is C12H14ClNO4. The topological polar surface area (TPSA) is 75.6 Å². The monoisotopic (exact) mass is 271 g/mol. The molecule has 0 fully saturated rings. The van der Waals surface area contributed by atoms with Gasteiger partial charge in [-0.2, -0.15) is 0 Å². The van der Waals surface area contributed by atoms with Gasteiger partial charge in [0.05, 0.1) is 10.6 Å². The lowest BCUT2D eigenvalue weighted by molar-refractivity contribution is -0.139. The fourth-order valence-corrected chi connectivity index (χ4v) is 1.60. The van der Waals surface area contributed by atoms with Crippen LogP contribution in [0.4, 0.5) is 0 Å². The van der Waals surface area contributed by atoms with E-state index in [0.717, 1.165) is 0 Å². The first-order valence-corrected chi connectivity index (χ1v) is 5.71. The van der Waals surface area contributed by atoms with Crippen molar-refractivity contribution in [1.82, 2.24) is 5.32 Å². The van der Waals surface area contributed by atoms with Crippen LogP contribution in [0.25, 0.3) is 0 Å². The van der Waals surface area contributed by atoms with Crippen LogP contribution in [0.3, 0.4) is 0 Å². The predicted octanol–water partition coefficient (Wildman–Crippen LogP) is 1.56. The highest BCUT2D eigenvalue weighted by Crippen LogP contribution is 2.14. The molecule has 18 heavy (non-hydrogen) atoms. The molecule has 0 saturated carbocycles. The van der Waals surface area contributed by atoms with Crippen LogP contribution in [0.5, 0.6) is 0 Å². The molecule has 1 atom stereocenters. The summed E-state index contributed by atoms with van der Waals surface area (Å²) in [6.45, 7) is 0.250. The number of amides is 1. The number of hydrogen-bond acceptors (Lipinski definition) is 3. The Labute approximate surface area is 110 Å². The molecule has 5 nitrogen and oxygen atoms in total. The molecule has 6 heteroatoms. The van der Waals surface area contributed by atoms with Crippen molar-refractivity contribution in [3.05, 3.63) is 34.9 Å². The summed E-state index contributed by atoms with van der Waals surface area (Å²) in [7, 11) is 1.47. The molecule has 1 unspecified atom stereocenters. The molecule has 0 radical (unpaired) electrons. The van der Waals surface area contributed by atoms with Gasteiger partial charge in [0.25, 0.3) is 5.91 Å². The first-order chi connectivity index (χ1) is 8.56. The van der Waals surface area contributed by atoms with E-state index in [1.807, 2.05) is 0 Å². The van der Waals surface area contributed by atoms with E-state index in [9.17, 15) is 9.59 Å². The van der Waals surface area contributed by atoms with Gasteiger partial charge >= 0.3 is 5.97 Å². The van der Waals surface area contributed by atoms with E-state index in [2.05, 4.69) is 5.32 Å². The minimum Gasteiger partial charge on any atom is -0.480 e. The minimum atomic E-state index is -1.10. The van der Waals surface area contributed by atoms with Gasteiger partial charge in [-0.05, 0) is 12.1 Å². The van der Waals surface area contributed by atoms with Crippen LogP contribution in [-0.4, -0.2) is 36.7 Å². The zero-order valence-corrected chi connectivity index (χ0v) is 10.6. The first-order valence-electron chi connectivity index (χ1n) is 5.33. The summed E-state index contributed by atoms with van der Waals surface area (Å²) in [5, 5.41) is 11.7. The second-order valence-electron chi connectivity index (χ2n) is 3.63. The number of carboxylic acid groups (broad SMARTS) is 1. The van der Waals surface area contributed by atoms with Gasteiger partial charge in [-0.15, -0.1) is 0 Å². The van der Waals surface area contributed by atoms with Crippen molar-refractivity contribution in [3.8, 4) is 0 Å². The van der Waals surface area contributed by atoms with Gasteiger partial charge in [-0.1, -0.05) is 23.7 Å². The third kappa shape index (κ3) is 4.01. The minimum absolute atomic E-state index is 0.196. The van der Waals surface area contributed by atoms with Gasteiger partial charge in [-0.25, -0.2) is 4.79 Å². The maximum absolute atomic E-state index is 11.8.